The number of aromatic nitrogens is 5. The largest absolute Gasteiger partial charge is 0.249 e. The molecule has 0 aliphatic carbocycles. The zero-order valence-corrected chi connectivity index (χ0v) is 17.0. The molecule has 3 rings (SSSR count). The van der Waals surface area contributed by atoms with E-state index in [1.807, 2.05) is 30.3 Å². The van der Waals surface area contributed by atoms with E-state index < -0.39 is 0 Å². The van der Waals surface area contributed by atoms with Gasteiger partial charge in [0.05, 0.1) is 5.56 Å². The molecule has 0 fully saturated rings. The molecule has 0 N–H and O–H groups in total. The van der Waals surface area contributed by atoms with E-state index in [0.29, 0.717) is 11.4 Å². The van der Waals surface area contributed by atoms with Gasteiger partial charge < -0.3 is 0 Å². The molecule has 0 saturated carbocycles. The van der Waals surface area contributed by atoms with Gasteiger partial charge in [-0.2, -0.15) is 22.1 Å². The number of hydrogen-bond donors (Lipinski definition) is 0. The third-order valence-corrected chi connectivity index (χ3v) is 6.70. The summed E-state index contributed by atoms with van der Waals surface area (Å²) in [6.45, 7) is 2.19. The maximum Gasteiger partial charge on any atom is 0.159 e. The normalized spacial score (nSPS) is 10.8. The third-order valence-electron chi connectivity index (χ3n) is 3.62. The van der Waals surface area contributed by atoms with E-state index in [4.69, 9.17) is 4.98 Å². The summed E-state index contributed by atoms with van der Waals surface area (Å²) in [6, 6.07) is 4.20. The van der Waals surface area contributed by atoms with Crippen LogP contribution in [0.1, 0.15) is 25.3 Å². The van der Waals surface area contributed by atoms with Crippen LogP contribution < -0.4 is 0 Å². The van der Waals surface area contributed by atoms with Crippen molar-refractivity contribution in [2.24, 2.45) is 7.05 Å². The molecule has 9 heteroatoms. The first kappa shape index (κ1) is 18.9. The lowest BCUT2D eigenvalue weighted by atomic mass is 10.1. The summed E-state index contributed by atoms with van der Waals surface area (Å²) in [5.74, 6) is 1.77. The Kier molecular flexibility index (Phi) is 6.66. The van der Waals surface area contributed by atoms with Crippen molar-refractivity contribution in [2.75, 3.05) is 10.8 Å². The molecule has 6 nitrogen and oxygen atoms in total. The van der Waals surface area contributed by atoms with E-state index in [9.17, 15) is 5.26 Å². The first-order valence-electron chi connectivity index (χ1n) is 8.14. The van der Waals surface area contributed by atoms with Crippen LogP contribution in [0.5, 0.6) is 0 Å². The van der Waals surface area contributed by atoms with Crippen LogP contribution in [0.3, 0.4) is 0 Å². The topological polar surface area (TPSA) is 80.3 Å². The number of aryl methyl sites for hydroxylation is 1. The quantitative estimate of drug-likeness (QED) is 0.313. The predicted molar refractivity (Wildman–Crippen MR) is 108 cm³/mol. The zero-order chi connectivity index (χ0) is 18.4. The zero-order valence-electron chi connectivity index (χ0n) is 14.5. The summed E-state index contributed by atoms with van der Waals surface area (Å²) >= 11 is 5.00. The van der Waals surface area contributed by atoms with Gasteiger partial charge in [-0.3, -0.25) is 0 Å². The first-order valence-corrected chi connectivity index (χ1v) is 11.2. The molecule has 0 bridgehead atoms. The molecule has 134 valence electrons. The smallest absolute Gasteiger partial charge is 0.159 e. The van der Waals surface area contributed by atoms with Crippen LogP contribution in [-0.2, 0) is 7.05 Å². The Bertz CT molecular complexity index is 898. The monoisotopic (exact) mass is 402 g/mol. The standard InChI is InChI=1S/C17H18N6S3/c1-3-4-6-24-11-26-16-13(9-18)12(15-20-10-21-23(15)2)8-14(22-16)17-19-5-7-25-17/h5,7-8,10H,3-4,6,11H2,1-2H3. The molecular weight excluding hydrogens is 384 g/mol. The number of unbranched alkanes of at least 4 members (excludes halogenated alkanes) is 1. The highest BCUT2D eigenvalue weighted by Crippen LogP contribution is 2.34. The van der Waals surface area contributed by atoms with Crippen molar-refractivity contribution >= 4 is 34.9 Å². The second-order valence-corrected chi connectivity index (χ2v) is 8.74. The molecular formula is C17H18N6S3. The van der Waals surface area contributed by atoms with Crippen molar-refractivity contribution in [1.82, 2.24) is 24.7 Å². The number of nitriles is 1. The lowest BCUT2D eigenvalue weighted by Crippen LogP contribution is -2.01. The first-order chi connectivity index (χ1) is 12.7. The van der Waals surface area contributed by atoms with Crippen LogP contribution in [0.4, 0.5) is 0 Å². The Hall–Kier alpha value is -1.89. The van der Waals surface area contributed by atoms with Crippen LogP contribution in [-0.4, -0.2) is 35.6 Å². The number of rotatable bonds is 8. The fraction of sp³-hybridized carbons (Fsp3) is 0.353. The van der Waals surface area contributed by atoms with Crippen molar-refractivity contribution < 1.29 is 0 Å². The molecule has 0 aliphatic rings. The number of hydrogen-bond acceptors (Lipinski definition) is 8. The van der Waals surface area contributed by atoms with Crippen LogP contribution in [0, 0.1) is 11.3 Å². The second-order valence-electron chi connectivity index (χ2n) is 5.42. The minimum atomic E-state index is 0.544. The van der Waals surface area contributed by atoms with Gasteiger partial charge in [-0.15, -0.1) is 11.3 Å². The number of pyridine rings is 1. The van der Waals surface area contributed by atoms with E-state index in [-0.39, 0.29) is 0 Å². The van der Waals surface area contributed by atoms with Crippen molar-refractivity contribution in [3.05, 3.63) is 29.5 Å². The summed E-state index contributed by atoms with van der Waals surface area (Å²) in [5.41, 5.74) is 2.05. The van der Waals surface area contributed by atoms with Gasteiger partial charge in [0.15, 0.2) is 5.82 Å². The van der Waals surface area contributed by atoms with Crippen LogP contribution in [0.15, 0.2) is 29.0 Å². The summed E-state index contributed by atoms with van der Waals surface area (Å²) in [4.78, 5) is 13.4. The molecule has 3 aromatic rings. The lowest BCUT2D eigenvalue weighted by Gasteiger charge is -2.10. The van der Waals surface area contributed by atoms with Gasteiger partial charge in [0, 0.05) is 29.3 Å². The van der Waals surface area contributed by atoms with E-state index in [1.165, 1.54) is 30.5 Å². The molecule has 0 aliphatic heterocycles. The average Bonchev–Trinajstić information content (AvgIpc) is 3.32. The molecule has 26 heavy (non-hydrogen) atoms. The highest BCUT2D eigenvalue weighted by atomic mass is 32.2. The Morgan fingerprint density at radius 2 is 2.23 bits per heavy atom. The molecule has 3 heterocycles. The maximum atomic E-state index is 9.77. The summed E-state index contributed by atoms with van der Waals surface area (Å²) < 4.78 is 1.67. The van der Waals surface area contributed by atoms with Gasteiger partial charge in [0.1, 0.15) is 28.1 Å². The molecule has 0 aromatic carbocycles. The van der Waals surface area contributed by atoms with E-state index >= 15 is 0 Å². The summed E-state index contributed by atoms with van der Waals surface area (Å²) in [6.07, 6.45) is 5.64. The van der Waals surface area contributed by atoms with Gasteiger partial charge in [-0.05, 0) is 18.2 Å². The molecule has 0 amide bonds. The Morgan fingerprint density at radius 3 is 2.88 bits per heavy atom. The molecule has 0 saturated heterocycles. The molecule has 0 radical (unpaired) electrons. The van der Waals surface area contributed by atoms with Gasteiger partial charge >= 0.3 is 0 Å². The highest BCUT2D eigenvalue weighted by molar-refractivity contribution is 8.15. The summed E-state index contributed by atoms with van der Waals surface area (Å²) in [7, 11) is 1.82. The Morgan fingerprint density at radius 1 is 1.35 bits per heavy atom. The fourth-order valence-electron chi connectivity index (χ4n) is 2.31. The van der Waals surface area contributed by atoms with Crippen LogP contribution in [0.2, 0.25) is 0 Å². The number of thiazole rings is 1. The molecule has 0 atom stereocenters. The van der Waals surface area contributed by atoms with E-state index in [1.54, 1.807) is 22.6 Å². The second kappa shape index (κ2) is 9.16. The van der Waals surface area contributed by atoms with E-state index in [2.05, 4.69) is 28.1 Å². The predicted octanol–water partition coefficient (Wildman–Crippen LogP) is 4.46. The minimum absolute atomic E-state index is 0.544. The molecule has 3 aromatic heterocycles. The van der Waals surface area contributed by atoms with Gasteiger partial charge in [0.2, 0.25) is 0 Å². The van der Waals surface area contributed by atoms with Crippen molar-refractivity contribution in [2.45, 2.75) is 24.8 Å². The SMILES string of the molecule is CCCCSCSc1nc(-c2nccs2)cc(-c2ncnn2C)c1C#N. The Labute approximate surface area is 165 Å². The van der Waals surface area contributed by atoms with Crippen molar-refractivity contribution in [3.63, 3.8) is 0 Å². The van der Waals surface area contributed by atoms with Crippen molar-refractivity contribution in [1.29, 1.82) is 5.26 Å². The van der Waals surface area contributed by atoms with Gasteiger partial charge in [-0.1, -0.05) is 25.1 Å². The summed E-state index contributed by atoms with van der Waals surface area (Å²) in [5, 5.41) is 18.2. The van der Waals surface area contributed by atoms with Crippen molar-refractivity contribution in [3.8, 4) is 28.2 Å². The van der Waals surface area contributed by atoms with Crippen LogP contribution >= 0.6 is 34.9 Å². The number of thioether (sulfide) groups is 2. The highest BCUT2D eigenvalue weighted by Gasteiger charge is 2.19. The van der Waals surface area contributed by atoms with Crippen LogP contribution in [0.25, 0.3) is 22.1 Å². The van der Waals surface area contributed by atoms with Gasteiger partial charge in [-0.25, -0.2) is 19.6 Å². The molecule has 0 unspecified atom stereocenters. The average molecular weight is 403 g/mol. The van der Waals surface area contributed by atoms with E-state index in [0.717, 1.165) is 32.1 Å². The minimum Gasteiger partial charge on any atom is -0.249 e. The third kappa shape index (κ3) is 4.26. The molecule has 0 spiro atoms. The maximum absolute atomic E-state index is 9.77. The number of nitrogens with zero attached hydrogens (tertiary/aromatic N) is 6. The van der Waals surface area contributed by atoms with Gasteiger partial charge in [0.25, 0.3) is 0 Å². The lowest BCUT2D eigenvalue weighted by molar-refractivity contribution is 0.773. The Balaban J connectivity index is 2.00. The fourth-order valence-corrected chi connectivity index (χ4v) is 5.12.